The SMILES string of the molecule is COc1ccc(-c2[nH][nH]c(=O)c2CCN)cc1F. The van der Waals surface area contributed by atoms with Crippen LogP contribution in [0.2, 0.25) is 0 Å². The van der Waals surface area contributed by atoms with Gasteiger partial charge in [0.2, 0.25) is 0 Å². The highest BCUT2D eigenvalue weighted by atomic mass is 19.1. The second kappa shape index (κ2) is 5.05. The first-order chi connectivity index (χ1) is 8.67. The maximum atomic E-state index is 13.6. The Bertz CT molecular complexity index is 604. The molecule has 0 bridgehead atoms. The van der Waals surface area contributed by atoms with E-state index >= 15 is 0 Å². The number of methoxy groups -OCH3 is 1. The van der Waals surface area contributed by atoms with Gasteiger partial charge in [-0.3, -0.25) is 15.0 Å². The van der Waals surface area contributed by atoms with Gasteiger partial charge in [-0.05, 0) is 31.2 Å². The molecule has 0 aliphatic heterocycles. The summed E-state index contributed by atoms with van der Waals surface area (Å²) in [5.74, 6) is -0.312. The summed E-state index contributed by atoms with van der Waals surface area (Å²) in [5.41, 5.74) is 6.89. The van der Waals surface area contributed by atoms with Gasteiger partial charge >= 0.3 is 0 Å². The van der Waals surface area contributed by atoms with Gasteiger partial charge in [0, 0.05) is 11.1 Å². The molecule has 2 rings (SSSR count). The van der Waals surface area contributed by atoms with Crippen LogP contribution in [0.15, 0.2) is 23.0 Å². The Balaban J connectivity index is 2.49. The van der Waals surface area contributed by atoms with Crippen LogP contribution in [0.1, 0.15) is 5.56 Å². The molecule has 0 spiro atoms. The van der Waals surface area contributed by atoms with Crippen LogP contribution in [0.5, 0.6) is 5.75 Å². The van der Waals surface area contributed by atoms with Crippen molar-refractivity contribution in [2.75, 3.05) is 13.7 Å². The quantitative estimate of drug-likeness (QED) is 0.758. The summed E-state index contributed by atoms with van der Waals surface area (Å²) in [4.78, 5) is 11.6. The van der Waals surface area contributed by atoms with Crippen molar-refractivity contribution in [3.05, 3.63) is 39.9 Å². The number of rotatable bonds is 4. The van der Waals surface area contributed by atoms with Crippen molar-refractivity contribution in [1.82, 2.24) is 10.2 Å². The summed E-state index contributed by atoms with van der Waals surface area (Å²) in [6.07, 6.45) is 0.432. The van der Waals surface area contributed by atoms with Gasteiger partial charge in [-0.1, -0.05) is 0 Å². The summed E-state index contributed by atoms with van der Waals surface area (Å²) in [5, 5.41) is 5.22. The lowest BCUT2D eigenvalue weighted by molar-refractivity contribution is 0.386. The van der Waals surface area contributed by atoms with Crippen molar-refractivity contribution in [1.29, 1.82) is 0 Å². The fourth-order valence-corrected chi connectivity index (χ4v) is 1.83. The van der Waals surface area contributed by atoms with Gasteiger partial charge in [-0.25, -0.2) is 4.39 Å². The van der Waals surface area contributed by atoms with Crippen molar-refractivity contribution in [3.63, 3.8) is 0 Å². The normalized spacial score (nSPS) is 10.6. The van der Waals surface area contributed by atoms with Crippen LogP contribution < -0.4 is 16.0 Å². The Hall–Kier alpha value is -2.08. The Morgan fingerprint density at radius 1 is 1.39 bits per heavy atom. The topological polar surface area (TPSA) is 83.9 Å². The minimum atomic E-state index is -0.476. The van der Waals surface area contributed by atoms with Crippen molar-refractivity contribution >= 4 is 0 Å². The zero-order valence-electron chi connectivity index (χ0n) is 9.92. The fourth-order valence-electron chi connectivity index (χ4n) is 1.83. The van der Waals surface area contributed by atoms with Crippen molar-refractivity contribution in [2.45, 2.75) is 6.42 Å². The molecule has 5 nitrogen and oxygen atoms in total. The van der Waals surface area contributed by atoms with Gasteiger partial charge in [0.05, 0.1) is 12.8 Å². The minimum absolute atomic E-state index is 0.164. The summed E-state index contributed by atoms with van der Waals surface area (Å²) >= 11 is 0. The van der Waals surface area contributed by atoms with Gasteiger partial charge < -0.3 is 10.5 Å². The molecule has 1 aromatic heterocycles. The van der Waals surface area contributed by atoms with Gasteiger partial charge in [-0.15, -0.1) is 0 Å². The number of ether oxygens (including phenoxy) is 1. The molecule has 1 aromatic carbocycles. The number of benzene rings is 1. The molecule has 4 N–H and O–H groups in total. The predicted octanol–water partition coefficient (Wildman–Crippen LogP) is 1.02. The molecule has 0 saturated carbocycles. The van der Waals surface area contributed by atoms with Crippen LogP contribution >= 0.6 is 0 Å². The van der Waals surface area contributed by atoms with Gasteiger partial charge in [-0.2, -0.15) is 0 Å². The van der Waals surface area contributed by atoms with E-state index in [1.54, 1.807) is 6.07 Å². The van der Waals surface area contributed by atoms with E-state index in [1.807, 2.05) is 0 Å². The largest absolute Gasteiger partial charge is 0.494 e. The molecular weight excluding hydrogens is 237 g/mol. The number of hydrogen-bond donors (Lipinski definition) is 3. The average Bonchev–Trinajstić information content (AvgIpc) is 2.72. The number of aromatic nitrogens is 2. The van der Waals surface area contributed by atoms with Crippen LogP contribution in [0.25, 0.3) is 11.3 Å². The van der Waals surface area contributed by atoms with Crippen LogP contribution in [0, 0.1) is 5.82 Å². The molecule has 0 unspecified atom stereocenters. The molecule has 0 aliphatic carbocycles. The number of nitrogens with two attached hydrogens (primary N) is 1. The van der Waals surface area contributed by atoms with E-state index in [1.165, 1.54) is 19.2 Å². The van der Waals surface area contributed by atoms with E-state index < -0.39 is 5.82 Å². The zero-order chi connectivity index (χ0) is 13.1. The highest BCUT2D eigenvalue weighted by Gasteiger charge is 2.13. The van der Waals surface area contributed by atoms with Crippen LogP contribution in [-0.4, -0.2) is 23.9 Å². The Morgan fingerprint density at radius 2 is 2.17 bits per heavy atom. The molecule has 6 heteroatoms. The molecule has 18 heavy (non-hydrogen) atoms. The molecule has 0 atom stereocenters. The average molecular weight is 251 g/mol. The van der Waals surface area contributed by atoms with Crippen molar-refractivity contribution in [2.24, 2.45) is 5.73 Å². The minimum Gasteiger partial charge on any atom is -0.494 e. The summed E-state index contributed by atoms with van der Waals surface area (Å²) in [7, 11) is 1.40. The number of aromatic amines is 2. The van der Waals surface area contributed by atoms with Crippen molar-refractivity contribution < 1.29 is 9.13 Å². The first-order valence-electron chi connectivity index (χ1n) is 5.51. The maximum absolute atomic E-state index is 13.6. The highest BCUT2D eigenvalue weighted by molar-refractivity contribution is 5.63. The molecule has 96 valence electrons. The van der Waals surface area contributed by atoms with Crippen LogP contribution in [-0.2, 0) is 6.42 Å². The second-order valence-electron chi connectivity index (χ2n) is 3.82. The van der Waals surface area contributed by atoms with Crippen LogP contribution in [0.3, 0.4) is 0 Å². The molecule has 0 saturated heterocycles. The van der Waals surface area contributed by atoms with E-state index in [0.29, 0.717) is 29.8 Å². The lowest BCUT2D eigenvalue weighted by Gasteiger charge is -2.05. The fraction of sp³-hybridized carbons (Fsp3) is 0.250. The smallest absolute Gasteiger partial charge is 0.267 e. The van der Waals surface area contributed by atoms with Gasteiger partial charge in [0.15, 0.2) is 11.6 Å². The Morgan fingerprint density at radius 3 is 2.78 bits per heavy atom. The standard InChI is InChI=1S/C12H14FN3O2/c1-18-10-3-2-7(6-9(10)13)11-8(4-5-14)12(17)16-15-11/h2-3,6H,4-5,14H2,1H3,(H2,15,16,17). The molecular formula is C12H14FN3O2. The number of nitrogens with one attached hydrogen (secondary N) is 2. The zero-order valence-corrected chi connectivity index (χ0v) is 9.92. The summed E-state index contributed by atoms with van der Waals surface area (Å²) < 4.78 is 18.5. The predicted molar refractivity (Wildman–Crippen MR) is 66.1 cm³/mol. The molecule has 0 aliphatic rings. The van der Waals surface area contributed by atoms with E-state index in [9.17, 15) is 9.18 Å². The number of halogens is 1. The lowest BCUT2D eigenvalue weighted by Crippen LogP contribution is -2.12. The third-order valence-electron chi connectivity index (χ3n) is 2.71. The third-order valence-corrected chi connectivity index (χ3v) is 2.71. The lowest BCUT2D eigenvalue weighted by atomic mass is 10.1. The Labute approximate surface area is 103 Å². The Kier molecular flexibility index (Phi) is 3.47. The van der Waals surface area contributed by atoms with Crippen molar-refractivity contribution in [3.8, 4) is 17.0 Å². The third kappa shape index (κ3) is 2.14. The molecule has 0 fully saturated rings. The maximum Gasteiger partial charge on any atom is 0.267 e. The number of H-pyrrole nitrogens is 2. The van der Waals surface area contributed by atoms with E-state index in [2.05, 4.69) is 10.2 Å². The van der Waals surface area contributed by atoms with Gasteiger partial charge in [0.25, 0.3) is 5.56 Å². The first kappa shape index (κ1) is 12.4. The summed E-state index contributed by atoms with van der Waals surface area (Å²) in [6.45, 7) is 0.354. The van der Waals surface area contributed by atoms with Gasteiger partial charge in [0.1, 0.15) is 0 Å². The second-order valence-corrected chi connectivity index (χ2v) is 3.82. The number of hydrogen-bond acceptors (Lipinski definition) is 3. The van der Waals surface area contributed by atoms with E-state index in [-0.39, 0.29) is 11.3 Å². The first-order valence-corrected chi connectivity index (χ1v) is 5.51. The molecule has 0 amide bonds. The molecule has 2 aromatic rings. The van der Waals surface area contributed by atoms with E-state index in [0.717, 1.165) is 0 Å². The molecule has 1 heterocycles. The summed E-state index contributed by atoms with van der Waals surface area (Å²) in [6, 6.07) is 4.52. The highest BCUT2D eigenvalue weighted by Crippen LogP contribution is 2.25. The monoisotopic (exact) mass is 251 g/mol. The van der Waals surface area contributed by atoms with Crippen LogP contribution in [0.4, 0.5) is 4.39 Å². The van der Waals surface area contributed by atoms with E-state index in [4.69, 9.17) is 10.5 Å². The molecule has 0 radical (unpaired) electrons.